The zero-order valence-electron chi connectivity index (χ0n) is 13.7. The van der Waals surface area contributed by atoms with Crippen molar-refractivity contribution in [2.75, 3.05) is 6.61 Å². The van der Waals surface area contributed by atoms with E-state index in [2.05, 4.69) is 15.3 Å². The summed E-state index contributed by atoms with van der Waals surface area (Å²) in [4.78, 5) is 37.2. The average Bonchev–Trinajstić information content (AvgIpc) is 3.03. The van der Waals surface area contributed by atoms with Crippen LogP contribution in [0.5, 0.6) is 0 Å². The molecule has 0 aliphatic heterocycles. The van der Waals surface area contributed by atoms with E-state index in [9.17, 15) is 14.4 Å². The van der Waals surface area contributed by atoms with E-state index >= 15 is 0 Å². The van der Waals surface area contributed by atoms with Crippen LogP contribution in [0.4, 0.5) is 4.79 Å². The monoisotopic (exact) mass is 341 g/mol. The number of aliphatic carboxylic acids is 2. The third-order valence-electron chi connectivity index (χ3n) is 2.72. The molecular formula is C15H23N3O6. The van der Waals surface area contributed by atoms with Gasteiger partial charge in [0.2, 0.25) is 0 Å². The first-order valence-electron chi connectivity index (χ1n) is 7.39. The summed E-state index contributed by atoms with van der Waals surface area (Å²) in [5.41, 5.74) is 1.06. The lowest BCUT2D eigenvalue weighted by molar-refractivity contribution is -0.134. The summed E-state index contributed by atoms with van der Waals surface area (Å²) >= 11 is 0. The molecule has 1 atom stereocenters. The summed E-state index contributed by atoms with van der Waals surface area (Å²) in [6.45, 7) is 4.40. The molecule has 0 saturated heterocycles. The lowest BCUT2D eigenvalue weighted by Gasteiger charge is -2.11. The number of carboxylic acid groups (broad SMARTS) is 2. The standard InChI is InChI=1S/C11H19N3O2.C4H4O4/c1-3-9(2)14-11(15)16-6-4-5-10-7-12-8-13-10;5-3(6)1-2-4(7)8/h7-9H,3-6H2,1-2H3,(H,12,13)(H,14,15);1-2H,(H,5,6)(H,7,8)/b;2-1+/t9-;/m0./s1. The van der Waals surface area contributed by atoms with E-state index in [4.69, 9.17) is 14.9 Å². The third kappa shape index (κ3) is 12.9. The predicted molar refractivity (Wildman–Crippen MR) is 85.6 cm³/mol. The van der Waals surface area contributed by atoms with Crippen molar-refractivity contribution in [3.63, 3.8) is 0 Å². The molecule has 1 aromatic heterocycles. The smallest absolute Gasteiger partial charge is 0.407 e. The molecule has 0 aliphatic rings. The van der Waals surface area contributed by atoms with Crippen molar-refractivity contribution in [2.45, 2.75) is 39.2 Å². The lowest BCUT2D eigenvalue weighted by Crippen LogP contribution is -2.32. The molecule has 9 heteroatoms. The largest absolute Gasteiger partial charge is 0.478 e. The number of amides is 1. The van der Waals surface area contributed by atoms with Gasteiger partial charge in [-0.15, -0.1) is 0 Å². The van der Waals surface area contributed by atoms with Gasteiger partial charge in [-0.3, -0.25) is 0 Å². The van der Waals surface area contributed by atoms with E-state index in [1.54, 1.807) is 12.5 Å². The molecule has 1 aromatic rings. The number of nitrogens with one attached hydrogen (secondary N) is 2. The highest BCUT2D eigenvalue weighted by atomic mass is 16.5. The summed E-state index contributed by atoms with van der Waals surface area (Å²) in [6, 6.07) is 0.167. The van der Waals surface area contributed by atoms with Crippen molar-refractivity contribution >= 4 is 18.0 Å². The Balaban J connectivity index is 0.000000561. The van der Waals surface area contributed by atoms with E-state index in [1.807, 2.05) is 13.8 Å². The maximum atomic E-state index is 11.2. The summed E-state index contributed by atoms with van der Waals surface area (Å²) in [5.74, 6) is -2.51. The fraction of sp³-hybridized carbons (Fsp3) is 0.467. The molecule has 134 valence electrons. The highest BCUT2D eigenvalue weighted by molar-refractivity contribution is 5.89. The summed E-state index contributed by atoms with van der Waals surface area (Å²) in [6.07, 6.45) is 6.75. The Morgan fingerprint density at radius 3 is 2.42 bits per heavy atom. The Hall–Kier alpha value is -2.84. The van der Waals surface area contributed by atoms with Crippen LogP contribution in [0.2, 0.25) is 0 Å². The number of hydrogen-bond acceptors (Lipinski definition) is 5. The molecule has 9 nitrogen and oxygen atoms in total. The number of imidazole rings is 1. The zero-order valence-corrected chi connectivity index (χ0v) is 13.7. The van der Waals surface area contributed by atoms with Crippen LogP contribution in [0.1, 0.15) is 32.4 Å². The molecule has 1 heterocycles. The molecular weight excluding hydrogens is 318 g/mol. The van der Waals surface area contributed by atoms with Crippen LogP contribution in [0.25, 0.3) is 0 Å². The van der Waals surface area contributed by atoms with Gasteiger partial charge in [0.25, 0.3) is 0 Å². The Morgan fingerprint density at radius 2 is 1.96 bits per heavy atom. The number of aromatic amines is 1. The second kappa shape index (κ2) is 12.7. The van der Waals surface area contributed by atoms with Gasteiger partial charge in [0, 0.05) is 30.1 Å². The number of ether oxygens (including phenoxy) is 1. The number of hydrogen-bond donors (Lipinski definition) is 4. The molecule has 0 fully saturated rings. The Labute approximate surface area is 139 Å². The fourth-order valence-corrected chi connectivity index (χ4v) is 1.34. The van der Waals surface area contributed by atoms with Crippen molar-refractivity contribution < 1.29 is 29.3 Å². The molecule has 0 aromatic carbocycles. The zero-order chi connectivity index (χ0) is 18.4. The minimum absolute atomic E-state index is 0.167. The minimum atomic E-state index is -1.26. The number of H-pyrrole nitrogens is 1. The average molecular weight is 341 g/mol. The van der Waals surface area contributed by atoms with Crippen LogP contribution in [0, 0.1) is 0 Å². The first kappa shape index (κ1) is 21.2. The Bertz CT molecular complexity index is 511. The van der Waals surface area contributed by atoms with Crippen LogP contribution in [-0.2, 0) is 20.7 Å². The van der Waals surface area contributed by atoms with Crippen LogP contribution >= 0.6 is 0 Å². The number of carboxylic acids is 2. The number of rotatable bonds is 8. The molecule has 24 heavy (non-hydrogen) atoms. The van der Waals surface area contributed by atoms with E-state index < -0.39 is 11.9 Å². The van der Waals surface area contributed by atoms with E-state index in [0.29, 0.717) is 18.8 Å². The van der Waals surface area contributed by atoms with Crippen LogP contribution in [0.15, 0.2) is 24.7 Å². The van der Waals surface area contributed by atoms with Crippen molar-refractivity contribution in [3.05, 3.63) is 30.4 Å². The quantitative estimate of drug-likeness (QED) is 0.415. The van der Waals surface area contributed by atoms with E-state index in [1.165, 1.54) is 0 Å². The summed E-state index contributed by atoms with van der Waals surface area (Å²) < 4.78 is 5.03. The predicted octanol–water partition coefficient (Wildman–Crippen LogP) is 1.58. The van der Waals surface area contributed by atoms with Gasteiger partial charge in [-0.25, -0.2) is 19.4 Å². The lowest BCUT2D eigenvalue weighted by atomic mass is 10.2. The maximum absolute atomic E-state index is 11.2. The highest BCUT2D eigenvalue weighted by Gasteiger charge is 2.05. The van der Waals surface area contributed by atoms with Crippen LogP contribution in [0.3, 0.4) is 0 Å². The van der Waals surface area contributed by atoms with E-state index in [0.717, 1.165) is 25.0 Å². The van der Waals surface area contributed by atoms with Crippen molar-refractivity contribution in [3.8, 4) is 0 Å². The molecule has 1 amide bonds. The molecule has 0 aliphatic carbocycles. The van der Waals surface area contributed by atoms with Gasteiger partial charge >= 0.3 is 18.0 Å². The molecule has 0 unspecified atom stereocenters. The van der Waals surface area contributed by atoms with Gasteiger partial charge in [0.15, 0.2) is 0 Å². The maximum Gasteiger partial charge on any atom is 0.407 e. The molecule has 1 rings (SSSR count). The topological polar surface area (TPSA) is 142 Å². The van der Waals surface area contributed by atoms with Gasteiger partial charge in [0.05, 0.1) is 12.9 Å². The normalized spacial score (nSPS) is 11.2. The minimum Gasteiger partial charge on any atom is -0.478 e. The number of nitrogens with zero attached hydrogens (tertiary/aromatic N) is 1. The molecule has 0 radical (unpaired) electrons. The summed E-state index contributed by atoms with van der Waals surface area (Å²) in [7, 11) is 0. The number of carbonyl (C=O) groups excluding carboxylic acids is 1. The van der Waals surface area contributed by atoms with Crippen molar-refractivity contribution in [2.24, 2.45) is 0 Å². The molecule has 0 spiro atoms. The highest BCUT2D eigenvalue weighted by Crippen LogP contribution is 1.97. The van der Waals surface area contributed by atoms with Gasteiger partial charge in [-0.05, 0) is 26.2 Å². The molecule has 0 saturated carbocycles. The fourth-order valence-electron chi connectivity index (χ4n) is 1.34. The molecule has 4 N–H and O–H groups in total. The number of carbonyl (C=O) groups is 3. The summed E-state index contributed by atoms with van der Waals surface area (Å²) in [5, 5.41) is 18.4. The van der Waals surface area contributed by atoms with Gasteiger partial charge in [-0.2, -0.15) is 0 Å². The first-order valence-corrected chi connectivity index (χ1v) is 7.39. The van der Waals surface area contributed by atoms with Gasteiger partial charge in [-0.1, -0.05) is 6.92 Å². The van der Waals surface area contributed by atoms with Crippen LogP contribution in [-0.4, -0.2) is 50.9 Å². The second-order valence-electron chi connectivity index (χ2n) is 4.78. The van der Waals surface area contributed by atoms with E-state index in [-0.39, 0.29) is 12.1 Å². The number of aryl methyl sites for hydroxylation is 1. The van der Waals surface area contributed by atoms with Crippen molar-refractivity contribution in [1.29, 1.82) is 0 Å². The Kier molecular flexibility index (Phi) is 11.2. The Morgan fingerprint density at radius 1 is 1.33 bits per heavy atom. The van der Waals surface area contributed by atoms with Gasteiger partial charge < -0.3 is 25.3 Å². The number of aromatic nitrogens is 2. The first-order chi connectivity index (χ1) is 11.3. The second-order valence-corrected chi connectivity index (χ2v) is 4.78. The number of alkyl carbamates (subject to hydrolysis) is 1. The van der Waals surface area contributed by atoms with Gasteiger partial charge in [0.1, 0.15) is 0 Å². The molecule has 0 bridgehead atoms. The van der Waals surface area contributed by atoms with Crippen LogP contribution < -0.4 is 5.32 Å². The van der Waals surface area contributed by atoms with Crippen molar-refractivity contribution in [1.82, 2.24) is 15.3 Å². The third-order valence-corrected chi connectivity index (χ3v) is 2.72. The SMILES string of the molecule is CC[C@H](C)NC(=O)OCCCc1cnc[nH]1.O=C(O)/C=C/C(=O)O.